The standard InChI is InChI=1S/C10H21O4P/c1-8(2)13-15(11,14-9(3)4)10-6-5-7-12-10/h8-10H,5-7H2,1-4H3. The molecule has 1 atom stereocenters. The molecule has 1 saturated heterocycles. The van der Waals surface area contributed by atoms with Crippen LogP contribution in [0.25, 0.3) is 0 Å². The van der Waals surface area contributed by atoms with Crippen molar-refractivity contribution in [2.24, 2.45) is 0 Å². The highest BCUT2D eigenvalue weighted by atomic mass is 31.2. The molecule has 1 rings (SSSR count). The molecule has 1 unspecified atom stereocenters. The Morgan fingerprint density at radius 3 is 2.07 bits per heavy atom. The van der Waals surface area contributed by atoms with E-state index in [1.165, 1.54) is 0 Å². The minimum absolute atomic E-state index is 0.112. The van der Waals surface area contributed by atoms with E-state index in [4.69, 9.17) is 13.8 Å². The Kier molecular flexibility index (Phi) is 4.78. The zero-order valence-corrected chi connectivity index (χ0v) is 10.8. The Bertz CT molecular complexity index is 220. The average molecular weight is 236 g/mol. The summed E-state index contributed by atoms with van der Waals surface area (Å²) in [6.45, 7) is 8.06. The molecule has 0 aromatic carbocycles. The fourth-order valence-electron chi connectivity index (χ4n) is 1.56. The number of ether oxygens (including phenoxy) is 1. The maximum absolute atomic E-state index is 12.5. The molecule has 4 nitrogen and oxygen atoms in total. The monoisotopic (exact) mass is 236 g/mol. The van der Waals surface area contributed by atoms with Crippen LogP contribution in [0.3, 0.4) is 0 Å². The highest BCUT2D eigenvalue weighted by molar-refractivity contribution is 7.54. The van der Waals surface area contributed by atoms with E-state index in [0.29, 0.717) is 6.61 Å². The fraction of sp³-hybridized carbons (Fsp3) is 1.00. The predicted molar refractivity (Wildman–Crippen MR) is 59.0 cm³/mol. The molecule has 15 heavy (non-hydrogen) atoms. The Hall–Kier alpha value is 0.110. The van der Waals surface area contributed by atoms with Gasteiger partial charge in [0.05, 0.1) is 12.2 Å². The van der Waals surface area contributed by atoms with E-state index >= 15 is 0 Å². The lowest BCUT2D eigenvalue weighted by Gasteiger charge is -2.26. The van der Waals surface area contributed by atoms with Crippen molar-refractivity contribution in [3.8, 4) is 0 Å². The summed E-state index contributed by atoms with van der Waals surface area (Å²) in [6.07, 6.45) is 1.46. The second-order valence-electron chi connectivity index (χ2n) is 4.32. The normalized spacial score (nSPS) is 22.9. The molecule has 0 amide bonds. The van der Waals surface area contributed by atoms with Crippen LogP contribution in [0.4, 0.5) is 0 Å². The van der Waals surface area contributed by atoms with E-state index in [1.54, 1.807) is 0 Å². The Labute approximate surface area is 91.8 Å². The molecule has 1 fully saturated rings. The largest absolute Gasteiger partial charge is 0.366 e. The van der Waals surface area contributed by atoms with Crippen molar-refractivity contribution < 1.29 is 18.3 Å². The van der Waals surface area contributed by atoms with Gasteiger partial charge in [-0.15, -0.1) is 0 Å². The summed E-state index contributed by atoms with van der Waals surface area (Å²) < 4.78 is 28.8. The second-order valence-corrected chi connectivity index (χ2v) is 6.39. The molecule has 0 N–H and O–H groups in total. The van der Waals surface area contributed by atoms with Crippen LogP contribution in [0.1, 0.15) is 40.5 Å². The van der Waals surface area contributed by atoms with Crippen molar-refractivity contribution in [2.75, 3.05) is 6.61 Å². The summed E-state index contributed by atoms with van der Waals surface area (Å²) in [5.41, 5.74) is 0. The topological polar surface area (TPSA) is 44.8 Å². The quantitative estimate of drug-likeness (QED) is 0.688. The van der Waals surface area contributed by atoms with Gasteiger partial charge in [0, 0.05) is 6.61 Å². The van der Waals surface area contributed by atoms with Crippen LogP contribution in [-0.2, 0) is 18.3 Å². The van der Waals surface area contributed by atoms with Gasteiger partial charge in [-0.2, -0.15) is 0 Å². The van der Waals surface area contributed by atoms with Gasteiger partial charge in [-0.25, -0.2) is 0 Å². The van der Waals surface area contributed by atoms with Crippen molar-refractivity contribution >= 4 is 7.60 Å². The van der Waals surface area contributed by atoms with Gasteiger partial charge in [0.15, 0.2) is 5.85 Å². The summed E-state index contributed by atoms with van der Waals surface area (Å²) in [5.74, 6) is -0.373. The lowest BCUT2D eigenvalue weighted by atomic mass is 10.4. The minimum Gasteiger partial charge on any atom is -0.366 e. The van der Waals surface area contributed by atoms with Crippen molar-refractivity contribution in [2.45, 2.75) is 58.6 Å². The van der Waals surface area contributed by atoms with E-state index in [1.807, 2.05) is 27.7 Å². The van der Waals surface area contributed by atoms with Crippen molar-refractivity contribution in [1.82, 2.24) is 0 Å². The Morgan fingerprint density at radius 1 is 1.20 bits per heavy atom. The molecule has 1 aliphatic heterocycles. The molecule has 1 heterocycles. The first-order valence-electron chi connectivity index (χ1n) is 5.52. The lowest BCUT2D eigenvalue weighted by molar-refractivity contribution is 0.0831. The molecule has 0 spiro atoms. The van der Waals surface area contributed by atoms with Crippen LogP contribution in [0.15, 0.2) is 0 Å². The van der Waals surface area contributed by atoms with Gasteiger partial charge in [0.1, 0.15) is 0 Å². The van der Waals surface area contributed by atoms with Crippen molar-refractivity contribution in [1.29, 1.82) is 0 Å². The van der Waals surface area contributed by atoms with Crippen molar-refractivity contribution in [3.63, 3.8) is 0 Å². The summed E-state index contributed by atoms with van der Waals surface area (Å²) in [5, 5.41) is 0. The Morgan fingerprint density at radius 2 is 1.73 bits per heavy atom. The predicted octanol–water partition coefficient (Wildman–Crippen LogP) is 3.17. The number of rotatable bonds is 5. The van der Waals surface area contributed by atoms with Crippen LogP contribution in [0, 0.1) is 0 Å². The molecule has 0 aromatic rings. The van der Waals surface area contributed by atoms with Crippen LogP contribution in [0.5, 0.6) is 0 Å². The highest BCUT2D eigenvalue weighted by Gasteiger charge is 2.40. The maximum atomic E-state index is 12.5. The van der Waals surface area contributed by atoms with E-state index in [9.17, 15) is 4.57 Å². The zero-order valence-electron chi connectivity index (χ0n) is 9.93. The van der Waals surface area contributed by atoms with Crippen LogP contribution in [0.2, 0.25) is 0 Å². The molecule has 0 aliphatic carbocycles. The second kappa shape index (κ2) is 5.44. The van der Waals surface area contributed by atoms with Gasteiger partial charge in [-0.05, 0) is 40.5 Å². The van der Waals surface area contributed by atoms with E-state index < -0.39 is 7.60 Å². The third-order valence-electron chi connectivity index (χ3n) is 1.97. The van der Waals surface area contributed by atoms with Gasteiger partial charge in [0.2, 0.25) is 0 Å². The molecule has 0 saturated carbocycles. The first-order valence-corrected chi connectivity index (χ1v) is 7.13. The highest BCUT2D eigenvalue weighted by Crippen LogP contribution is 2.58. The summed E-state index contributed by atoms with van der Waals surface area (Å²) in [7, 11) is -3.10. The molecule has 0 aromatic heterocycles. The van der Waals surface area contributed by atoms with Crippen LogP contribution in [-0.4, -0.2) is 24.7 Å². The van der Waals surface area contributed by atoms with Gasteiger partial charge < -0.3 is 13.8 Å². The third-order valence-corrected chi connectivity index (χ3v) is 4.52. The van der Waals surface area contributed by atoms with Gasteiger partial charge in [-0.1, -0.05) is 0 Å². The summed E-state index contributed by atoms with van der Waals surface area (Å²) in [4.78, 5) is 0. The third kappa shape index (κ3) is 3.87. The van der Waals surface area contributed by atoms with Gasteiger partial charge in [-0.3, -0.25) is 4.57 Å². The molecule has 90 valence electrons. The maximum Gasteiger partial charge on any atom is 0.359 e. The van der Waals surface area contributed by atoms with E-state index in [0.717, 1.165) is 12.8 Å². The summed E-state index contributed by atoms with van der Waals surface area (Å²) in [6, 6.07) is 0. The molecule has 0 bridgehead atoms. The smallest absolute Gasteiger partial charge is 0.359 e. The van der Waals surface area contributed by atoms with Gasteiger partial charge in [0.25, 0.3) is 0 Å². The molecule has 1 aliphatic rings. The summed E-state index contributed by atoms with van der Waals surface area (Å²) >= 11 is 0. The molecule has 5 heteroatoms. The SMILES string of the molecule is CC(C)OP(=O)(OC(C)C)C1CCCO1. The van der Waals surface area contributed by atoms with E-state index in [-0.39, 0.29) is 18.1 Å². The zero-order chi connectivity index (χ0) is 11.5. The van der Waals surface area contributed by atoms with Crippen molar-refractivity contribution in [3.05, 3.63) is 0 Å². The van der Waals surface area contributed by atoms with Crippen LogP contribution >= 0.6 is 7.60 Å². The first kappa shape index (κ1) is 13.2. The van der Waals surface area contributed by atoms with Gasteiger partial charge >= 0.3 is 7.60 Å². The van der Waals surface area contributed by atoms with Crippen LogP contribution < -0.4 is 0 Å². The number of hydrogen-bond donors (Lipinski definition) is 0. The lowest BCUT2D eigenvalue weighted by Crippen LogP contribution is -2.17. The average Bonchev–Trinajstić information content (AvgIpc) is 2.51. The molecule has 0 radical (unpaired) electrons. The first-order chi connectivity index (χ1) is 6.94. The molecular weight excluding hydrogens is 215 g/mol. The minimum atomic E-state index is -3.10. The fourth-order valence-corrected chi connectivity index (χ4v) is 3.84. The Balaban J connectivity index is 2.70. The molecular formula is C10H21O4P. The number of hydrogen-bond acceptors (Lipinski definition) is 4. The van der Waals surface area contributed by atoms with E-state index in [2.05, 4.69) is 0 Å².